The van der Waals surface area contributed by atoms with Crippen molar-refractivity contribution in [1.82, 2.24) is 4.90 Å². The maximum absolute atomic E-state index is 2.56. The largest absolute Gasteiger partial charge is 0.306 e. The molecular formula is C27H59N. The van der Waals surface area contributed by atoms with E-state index in [1.165, 1.54) is 142 Å². The molecular weight excluding hydrogens is 338 g/mol. The van der Waals surface area contributed by atoms with Crippen LogP contribution < -0.4 is 0 Å². The average Bonchev–Trinajstić information content (AvgIpc) is 2.72. The first-order valence-electron chi connectivity index (χ1n) is 13.5. The van der Waals surface area contributed by atoms with Crippen molar-refractivity contribution in [1.29, 1.82) is 0 Å². The van der Waals surface area contributed by atoms with E-state index in [4.69, 9.17) is 0 Å². The third-order valence-electron chi connectivity index (χ3n) is 5.79. The zero-order valence-corrected chi connectivity index (χ0v) is 21.0. The molecule has 0 N–H and O–H groups in total. The van der Waals surface area contributed by atoms with E-state index in [0.29, 0.717) is 0 Å². The molecule has 0 aliphatic rings. The van der Waals surface area contributed by atoms with Crippen molar-refractivity contribution < 1.29 is 0 Å². The maximum Gasteiger partial charge on any atom is -0.00218 e. The highest BCUT2D eigenvalue weighted by Crippen LogP contribution is 2.12. The van der Waals surface area contributed by atoms with E-state index in [1.54, 1.807) is 0 Å². The first kappa shape index (κ1) is 30.2. The van der Waals surface area contributed by atoms with Gasteiger partial charge < -0.3 is 4.90 Å². The van der Waals surface area contributed by atoms with Gasteiger partial charge >= 0.3 is 0 Å². The number of nitrogens with zero attached hydrogens (tertiary/aromatic N) is 1. The lowest BCUT2D eigenvalue weighted by molar-refractivity contribution is 0.314. The van der Waals surface area contributed by atoms with Crippen LogP contribution in [-0.4, -0.2) is 25.0 Å². The van der Waals surface area contributed by atoms with Crippen LogP contribution in [0.1, 0.15) is 156 Å². The fraction of sp³-hybridized carbons (Fsp3) is 1.00. The fourth-order valence-corrected chi connectivity index (χ4v) is 3.85. The van der Waals surface area contributed by atoms with Gasteiger partial charge in [0.2, 0.25) is 0 Å². The Labute approximate surface area is 181 Å². The molecule has 172 valence electrons. The molecule has 0 spiro atoms. The Hall–Kier alpha value is -0.0400. The highest BCUT2D eigenvalue weighted by molar-refractivity contribution is 4.55. The maximum atomic E-state index is 2.56. The van der Waals surface area contributed by atoms with Crippen LogP contribution in [0.4, 0.5) is 0 Å². The van der Waals surface area contributed by atoms with Gasteiger partial charge in [-0.1, -0.05) is 143 Å². The van der Waals surface area contributed by atoms with Gasteiger partial charge in [0, 0.05) is 0 Å². The van der Waals surface area contributed by atoms with Crippen molar-refractivity contribution in [2.75, 3.05) is 20.1 Å². The van der Waals surface area contributed by atoms with Gasteiger partial charge in [-0.25, -0.2) is 0 Å². The van der Waals surface area contributed by atoms with Crippen molar-refractivity contribution >= 4 is 0 Å². The normalized spacial score (nSPS) is 10.9. The molecule has 0 aliphatic carbocycles. The summed E-state index contributed by atoms with van der Waals surface area (Å²) in [5.74, 6) is 0. The average molecular weight is 398 g/mol. The predicted molar refractivity (Wildman–Crippen MR) is 133 cm³/mol. The molecule has 0 rings (SSSR count). The van der Waals surface area contributed by atoms with Crippen molar-refractivity contribution in [3.63, 3.8) is 0 Å². The summed E-state index contributed by atoms with van der Waals surface area (Å²) in [4.78, 5) is 2.56. The fourth-order valence-electron chi connectivity index (χ4n) is 3.85. The molecule has 0 aromatic carbocycles. The Morgan fingerprint density at radius 1 is 0.357 bits per heavy atom. The molecule has 0 fully saturated rings. The lowest BCUT2D eigenvalue weighted by atomic mass is 10.1. The second-order valence-corrected chi connectivity index (χ2v) is 8.67. The first-order valence-corrected chi connectivity index (χ1v) is 13.5. The quantitative estimate of drug-likeness (QED) is 0.164. The van der Waals surface area contributed by atoms with Crippen LogP contribution in [0, 0.1) is 0 Å². The van der Waals surface area contributed by atoms with Crippen molar-refractivity contribution in [3.8, 4) is 0 Å². The van der Waals surface area contributed by atoms with Crippen LogP contribution in [0.15, 0.2) is 0 Å². The van der Waals surface area contributed by atoms with Crippen LogP contribution >= 0.6 is 0 Å². The summed E-state index contributed by atoms with van der Waals surface area (Å²) >= 11 is 0. The SMILES string of the molecule is CC.CCCCCCCCCCCCCCN(C)CCCCCCCCCC. The lowest BCUT2D eigenvalue weighted by Gasteiger charge is -2.16. The molecule has 0 heterocycles. The van der Waals surface area contributed by atoms with Crippen LogP contribution in [0.5, 0.6) is 0 Å². The van der Waals surface area contributed by atoms with Gasteiger partial charge in [-0.05, 0) is 33.0 Å². The van der Waals surface area contributed by atoms with E-state index in [1.807, 2.05) is 13.8 Å². The Balaban J connectivity index is 0. The van der Waals surface area contributed by atoms with Gasteiger partial charge in [0.25, 0.3) is 0 Å². The standard InChI is InChI=1S/C25H53N.C2H6/c1-4-6-8-10-12-14-15-16-17-19-21-23-25-26(3)24-22-20-18-13-11-9-7-5-2;1-2/h4-25H2,1-3H3;1-2H3. The third kappa shape index (κ3) is 28.2. The van der Waals surface area contributed by atoms with Crippen LogP contribution in [-0.2, 0) is 0 Å². The minimum atomic E-state index is 1.31. The molecule has 0 atom stereocenters. The monoisotopic (exact) mass is 397 g/mol. The number of hydrogen-bond acceptors (Lipinski definition) is 1. The molecule has 0 bridgehead atoms. The van der Waals surface area contributed by atoms with Gasteiger partial charge in [-0.15, -0.1) is 0 Å². The van der Waals surface area contributed by atoms with E-state index in [9.17, 15) is 0 Å². The Morgan fingerprint density at radius 3 is 0.821 bits per heavy atom. The molecule has 0 unspecified atom stereocenters. The summed E-state index contributed by atoms with van der Waals surface area (Å²) in [5, 5.41) is 0. The Morgan fingerprint density at radius 2 is 0.571 bits per heavy atom. The first-order chi connectivity index (χ1) is 13.8. The topological polar surface area (TPSA) is 3.24 Å². The van der Waals surface area contributed by atoms with E-state index in [0.717, 1.165) is 0 Å². The summed E-state index contributed by atoms with van der Waals surface area (Å²) < 4.78 is 0. The van der Waals surface area contributed by atoms with Crippen molar-refractivity contribution in [3.05, 3.63) is 0 Å². The second kappa shape index (κ2) is 29.2. The molecule has 0 saturated heterocycles. The summed E-state index contributed by atoms with van der Waals surface area (Å²) in [6.07, 6.45) is 28.9. The lowest BCUT2D eigenvalue weighted by Crippen LogP contribution is -2.20. The van der Waals surface area contributed by atoms with Crippen molar-refractivity contribution in [2.45, 2.75) is 156 Å². The van der Waals surface area contributed by atoms with Crippen LogP contribution in [0.2, 0.25) is 0 Å². The molecule has 1 nitrogen and oxygen atoms in total. The number of unbranched alkanes of at least 4 members (excludes halogenated alkanes) is 18. The van der Waals surface area contributed by atoms with Gasteiger partial charge in [0.15, 0.2) is 0 Å². The van der Waals surface area contributed by atoms with Gasteiger partial charge in [0.1, 0.15) is 0 Å². The summed E-state index contributed by atoms with van der Waals surface area (Å²) in [6.45, 7) is 11.2. The highest BCUT2D eigenvalue weighted by atomic mass is 15.1. The van der Waals surface area contributed by atoms with Crippen LogP contribution in [0.3, 0.4) is 0 Å². The van der Waals surface area contributed by atoms with E-state index < -0.39 is 0 Å². The molecule has 0 radical (unpaired) electrons. The Bertz CT molecular complexity index is 238. The minimum absolute atomic E-state index is 1.31. The summed E-state index contributed by atoms with van der Waals surface area (Å²) in [5.41, 5.74) is 0. The molecule has 0 aliphatic heterocycles. The van der Waals surface area contributed by atoms with Crippen LogP contribution in [0.25, 0.3) is 0 Å². The molecule has 0 aromatic heterocycles. The van der Waals surface area contributed by atoms with Gasteiger partial charge in [0.05, 0.1) is 0 Å². The van der Waals surface area contributed by atoms with E-state index in [2.05, 4.69) is 25.8 Å². The zero-order chi connectivity index (χ0) is 21.1. The number of hydrogen-bond donors (Lipinski definition) is 0. The van der Waals surface area contributed by atoms with E-state index in [-0.39, 0.29) is 0 Å². The van der Waals surface area contributed by atoms with Gasteiger partial charge in [-0.3, -0.25) is 0 Å². The molecule has 28 heavy (non-hydrogen) atoms. The smallest absolute Gasteiger partial charge is 0.00218 e. The zero-order valence-electron chi connectivity index (χ0n) is 21.0. The third-order valence-corrected chi connectivity index (χ3v) is 5.79. The van der Waals surface area contributed by atoms with Gasteiger partial charge in [-0.2, -0.15) is 0 Å². The minimum Gasteiger partial charge on any atom is -0.306 e. The summed E-state index contributed by atoms with van der Waals surface area (Å²) in [6, 6.07) is 0. The number of rotatable bonds is 22. The Kier molecular flexibility index (Phi) is 31.4. The molecule has 1 heteroatoms. The summed E-state index contributed by atoms with van der Waals surface area (Å²) in [7, 11) is 2.32. The highest BCUT2D eigenvalue weighted by Gasteiger charge is 1.99. The van der Waals surface area contributed by atoms with Crippen molar-refractivity contribution in [2.24, 2.45) is 0 Å². The molecule has 0 aromatic rings. The van der Waals surface area contributed by atoms with E-state index >= 15 is 0 Å². The molecule has 0 amide bonds. The predicted octanol–water partition coefficient (Wildman–Crippen LogP) is 9.79. The second-order valence-electron chi connectivity index (χ2n) is 8.67. The molecule has 0 saturated carbocycles.